The number of imidazole rings is 1. The summed E-state index contributed by atoms with van der Waals surface area (Å²) in [4.78, 5) is 25.6. The first-order valence-electron chi connectivity index (χ1n) is 10.3. The van der Waals surface area contributed by atoms with Crippen molar-refractivity contribution < 1.29 is 4.79 Å². The molecule has 1 aromatic carbocycles. The molecule has 0 aliphatic carbocycles. The smallest absolute Gasteiger partial charge is 0.253 e. The zero-order valence-corrected chi connectivity index (χ0v) is 16.2. The molecule has 4 heterocycles. The lowest BCUT2D eigenvalue weighted by atomic mass is 9.95. The largest absolute Gasteiger partial charge is 0.345 e. The molecule has 3 aliphatic heterocycles. The second-order valence-electron chi connectivity index (χ2n) is 8.06. The molecule has 5 rings (SSSR count). The predicted octanol–water partition coefficient (Wildman–Crippen LogP) is 3.49. The second kappa shape index (κ2) is 8.26. The zero-order chi connectivity index (χ0) is 18.6. The Morgan fingerprint density at radius 1 is 1.19 bits per heavy atom. The van der Waals surface area contributed by atoms with Gasteiger partial charge >= 0.3 is 0 Å². The summed E-state index contributed by atoms with van der Waals surface area (Å²) in [6.07, 6.45) is 7.80. The zero-order valence-electron chi connectivity index (χ0n) is 16.2. The highest BCUT2D eigenvalue weighted by Crippen LogP contribution is 2.29. The highest BCUT2D eigenvalue weighted by molar-refractivity contribution is 5.94. The van der Waals surface area contributed by atoms with E-state index in [4.69, 9.17) is 0 Å². The maximum atomic E-state index is 12.9. The number of aromatic amines is 1. The summed E-state index contributed by atoms with van der Waals surface area (Å²) in [5, 5.41) is 0. The Bertz CT molecular complexity index is 757. The summed E-state index contributed by atoms with van der Waals surface area (Å²) < 4.78 is 0. The number of carbonyl (C=O) groups excluding carboxylic acids is 1. The summed E-state index contributed by atoms with van der Waals surface area (Å²) in [6, 6.07) is 10.1. The third kappa shape index (κ3) is 4.24. The molecule has 0 unspecified atom stereocenters. The molecular weight excluding hydrogens is 336 g/mol. The lowest BCUT2D eigenvalue weighted by Crippen LogP contribution is -2.44. The molecule has 2 aromatic rings. The molecule has 0 saturated carbocycles. The Labute approximate surface area is 161 Å². The van der Waals surface area contributed by atoms with E-state index in [9.17, 15) is 4.79 Å². The van der Waals surface area contributed by atoms with Crippen LogP contribution < -0.4 is 0 Å². The van der Waals surface area contributed by atoms with Crippen LogP contribution >= 0.6 is 0 Å². The quantitative estimate of drug-likeness (QED) is 0.851. The number of benzene rings is 1. The minimum Gasteiger partial charge on any atom is -0.345 e. The molecule has 3 saturated heterocycles. The molecule has 5 nitrogen and oxygen atoms in total. The van der Waals surface area contributed by atoms with Gasteiger partial charge in [-0.3, -0.25) is 9.69 Å². The molecule has 0 spiro atoms. The van der Waals surface area contributed by atoms with E-state index in [1.807, 2.05) is 36.5 Å². The van der Waals surface area contributed by atoms with Gasteiger partial charge < -0.3 is 9.88 Å². The van der Waals surface area contributed by atoms with Crippen LogP contribution in [0.3, 0.4) is 0 Å². The summed E-state index contributed by atoms with van der Waals surface area (Å²) in [5.41, 5.74) is 2.01. The number of aromatic nitrogens is 2. The molecule has 3 aliphatic rings. The topological polar surface area (TPSA) is 52.2 Å². The summed E-state index contributed by atoms with van der Waals surface area (Å²) >= 11 is 0. The average molecular weight is 367 g/mol. The van der Waals surface area contributed by atoms with E-state index in [1.165, 1.54) is 31.4 Å². The van der Waals surface area contributed by atoms with Crippen LogP contribution in [0.5, 0.6) is 0 Å². The van der Waals surface area contributed by atoms with Gasteiger partial charge in [0.15, 0.2) is 0 Å². The fourth-order valence-corrected chi connectivity index (χ4v) is 4.48. The number of fused-ring (bicyclic) bond motifs is 4. The van der Waals surface area contributed by atoms with Crippen LogP contribution in [0.25, 0.3) is 0 Å². The molecule has 3 fully saturated rings. The van der Waals surface area contributed by atoms with E-state index in [-0.39, 0.29) is 5.91 Å². The molecule has 2 atom stereocenters. The molecule has 5 heteroatoms. The molecule has 2 bridgehead atoms. The highest BCUT2D eigenvalue weighted by atomic mass is 16.2. The van der Waals surface area contributed by atoms with E-state index in [0.717, 1.165) is 44.0 Å². The monoisotopic (exact) mass is 366 g/mol. The van der Waals surface area contributed by atoms with Crippen LogP contribution in [0.1, 0.15) is 54.5 Å². The Kier molecular flexibility index (Phi) is 5.58. The number of H-pyrrole nitrogens is 1. The van der Waals surface area contributed by atoms with Gasteiger partial charge in [-0.1, -0.05) is 31.5 Å². The van der Waals surface area contributed by atoms with Crippen molar-refractivity contribution in [1.82, 2.24) is 19.8 Å². The van der Waals surface area contributed by atoms with Crippen molar-refractivity contribution in [2.24, 2.45) is 5.92 Å². The van der Waals surface area contributed by atoms with Crippen molar-refractivity contribution in [3.05, 3.63) is 53.6 Å². The summed E-state index contributed by atoms with van der Waals surface area (Å²) in [7, 11) is 0. The number of aryl methyl sites for hydroxylation is 1. The number of nitrogens with zero attached hydrogens (tertiary/aromatic N) is 3. The van der Waals surface area contributed by atoms with Crippen molar-refractivity contribution in [3.63, 3.8) is 0 Å². The molecule has 1 N–H and O–H groups in total. The standard InChI is InChI=1S/C22H30N4O/c1-2-3-9-21-23-12-19(24-21)15-25-13-17-10-11-20(25)16-26(14-17)22(27)18-7-5-4-6-8-18/h4-8,12,17,20H,2-3,9-11,13-16H2,1H3,(H,23,24)/t17-,20-/m0/s1. The van der Waals surface area contributed by atoms with E-state index in [1.54, 1.807) is 0 Å². The van der Waals surface area contributed by atoms with Crippen LogP contribution in [0.4, 0.5) is 0 Å². The van der Waals surface area contributed by atoms with Gasteiger partial charge in [-0.15, -0.1) is 0 Å². The van der Waals surface area contributed by atoms with Crippen molar-refractivity contribution in [2.45, 2.75) is 51.6 Å². The number of hydrogen-bond donors (Lipinski definition) is 1. The minimum atomic E-state index is 0.178. The number of hydrogen-bond acceptors (Lipinski definition) is 3. The van der Waals surface area contributed by atoms with Gasteiger partial charge in [0.2, 0.25) is 0 Å². The highest BCUT2D eigenvalue weighted by Gasteiger charge is 2.36. The Morgan fingerprint density at radius 2 is 2.04 bits per heavy atom. The number of nitrogens with one attached hydrogen (secondary N) is 1. The maximum Gasteiger partial charge on any atom is 0.253 e. The summed E-state index contributed by atoms with van der Waals surface area (Å²) in [6.45, 7) is 5.91. The normalized spacial score (nSPS) is 22.8. The van der Waals surface area contributed by atoms with Crippen LogP contribution in [0.15, 0.2) is 36.5 Å². The van der Waals surface area contributed by atoms with Crippen molar-refractivity contribution in [1.29, 1.82) is 0 Å². The second-order valence-corrected chi connectivity index (χ2v) is 8.06. The first kappa shape index (κ1) is 18.2. The molecule has 27 heavy (non-hydrogen) atoms. The minimum absolute atomic E-state index is 0.178. The first-order valence-corrected chi connectivity index (χ1v) is 10.3. The van der Waals surface area contributed by atoms with E-state index >= 15 is 0 Å². The van der Waals surface area contributed by atoms with Crippen LogP contribution in [0.2, 0.25) is 0 Å². The third-order valence-electron chi connectivity index (χ3n) is 5.96. The Morgan fingerprint density at radius 3 is 2.85 bits per heavy atom. The average Bonchev–Trinajstić information content (AvgIpc) is 2.94. The lowest BCUT2D eigenvalue weighted by Gasteiger charge is -2.35. The van der Waals surface area contributed by atoms with Crippen molar-refractivity contribution in [3.8, 4) is 0 Å². The fourth-order valence-electron chi connectivity index (χ4n) is 4.48. The van der Waals surface area contributed by atoms with Gasteiger partial charge in [-0.25, -0.2) is 4.98 Å². The van der Waals surface area contributed by atoms with E-state index in [2.05, 4.69) is 26.7 Å². The van der Waals surface area contributed by atoms with Gasteiger partial charge in [-0.05, 0) is 37.3 Å². The Hall–Kier alpha value is -2.14. The number of carbonyl (C=O) groups is 1. The van der Waals surface area contributed by atoms with Gasteiger partial charge in [0.25, 0.3) is 5.91 Å². The SMILES string of the molecule is CCCCc1ncc(CN2C[C@@H]3CC[C@H]2CN(C(=O)c2ccccc2)C3)[nH]1. The molecule has 144 valence electrons. The van der Waals surface area contributed by atoms with Crippen LogP contribution in [0, 0.1) is 5.92 Å². The third-order valence-corrected chi connectivity index (χ3v) is 5.96. The number of unbranched alkanes of at least 4 members (excludes halogenated alkanes) is 1. The van der Waals surface area contributed by atoms with E-state index in [0.29, 0.717) is 12.0 Å². The van der Waals surface area contributed by atoms with Crippen molar-refractivity contribution >= 4 is 5.91 Å². The first-order chi connectivity index (χ1) is 13.2. The molecule has 0 radical (unpaired) electrons. The fraction of sp³-hybridized carbons (Fsp3) is 0.545. The molecule has 1 amide bonds. The maximum absolute atomic E-state index is 12.9. The van der Waals surface area contributed by atoms with Gasteiger partial charge in [0.1, 0.15) is 5.82 Å². The predicted molar refractivity (Wildman–Crippen MR) is 106 cm³/mol. The van der Waals surface area contributed by atoms with Crippen LogP contribution in [-0.2, 0) is 13.0 Å². The number of piperidine rings is 1. The Balaban J connectivity index is 1.42. The number of amides is 1. The van der Waals surface area contributed by atoms with Gasteiger partial charge in [-0.2, -0.15) is 0 Å². The van der Waals surface area contributed by atoms with E-state index < -0.39 is 0 Å². The van der Waals surface area contributed by atoms with Gasteiger partial charge in [0, 0.05) is 56.1 Å². The molecule has 1 aromatic heterocycles. The van der Waals surface area contributed by atoms with Gasteiger partial charge in [0.05, 0.1) is 0 Å². The molecular formula is C22H30N4O. The number of rotatable bonds is 6. The van der Waals surface area contributed by atoms with Crippen LogP contribution in [-0.4, -0.2) is 51.4 Å². The van der Waals surface area contributed by atoms with Crippen molar-refractivity contribution in [2.75, 3.05) is 19.6 Å². The lowest BCUT2D eigenvalue weighted by molar-refractivity contribution is 0.0735. The summed E-state index contributed by atoms with van der Waals surface area (Å²) in [5.74, 6) is 1.85.